The minimum Gasteiger partial charge on any atom is -0.368 e. The summed E-state index contributed by atoms with van der Waals surface area (Å²) in [5.41, 5.74) is 3.79. The summed E-state index contributed by atoms with van der Waals surface area (Å²) in [4.78, 5) is 0. The Balaban J connectivity index is 1.69. The summed E-state index contributed by atoms with van der Waals surface area (Å²) >= 11 is 0. The summed E-state index contributed by atoms with van der Waals surface area (Å²) in [5.74, 6) is 0. The van der Waals surface area contributed by atoms with E-state index in [0.29, 0.717) is 6.61 Å². The normalized spacial score (nSPS) is 33.1. The van der Waals surface area contributed by atoms with Gasteiger partial charge < -0.3 is 18.9 Å². The molecule has 0 aromatic heterocycles. The molecule has 4 nitrogen and oxygen atoms in total. The van der Waals surface area contributed by atoms with Crippen LogP contribution in [0.5, 0.6) is 0 Å². The Bertz CT molecular complexity index is 510. The highest BCUT2D eigenvalue weighted by molar-refractivity contribution is 5.32. The highest BCUT2D eigenvalue weighted by Crippen LogP contribution is 2.36. The predicted molar refractivity (Wildman–Crippen MR) is 88.1 cm³/mol. The number of rotatable bonds is 6. The summed E-state index contributed by atoms with van der Waals surface area (Å²) in [7, 11) is 0. The van der Waals surface area contributed by atoms with Gasteiger partial charge in [0.1, 0.15) is 12.2 Å². The van der Waals surface area contributed by atoms with Gasteiger partial charge in [0.25, 0.3) is 0 Å². The third-order valence-corrected chi connectivity index (χ3v) is 4.85. The molecule has 0 saturated carbocycles. The number of hydrogen-bond donors (Lipinski definition) is 0. The zero-order valence-corrected chi connectivity index (χ0v) is 14.6. The number of aryl methyl sites for hydroxylation is 2. The molecule has 128 valence electrons. The molecule has 1 aromatic rings. The molecule has 5 atom stereocenters. The minimum atomic E-state index is -0.283. The van der Waals surface area contributed by atoms with Crippen molar-refractivity contribution < 1.29 is 18.9 Å². The molecule has 0 radical (unpaired) electrons. The average Bonchev–Trinajstić information content (AvgIpc) is 3.01. The molecule has 1 aromatic carbocycles. The number of benzene rings is 1. The SMILES string of the molecule is CCCC[C@H]1O[C@@H]2OC(C)O[C@@H]2[C@H]1OCc1c(C)cccc1C. The first-order chi connectivity index (χ1) is 11.1. The molecule has 23 heavy (non-hydrogen) atoms. The highest BCUT2D eigenvalue weighted by atomic mass is 16.8. The van der Waals surface area contributed by atoms with E-state index in [4.69, 9.17) is 18.9 Å². The highest BCUT2D eigenvalue weighted by Gasteiger charge is 2.51. The van der Waals surface area contributed by atoms with E-state index in [9.17, 15) is 0 Å². The predicted octanol–water partition coefficient (Wildman–Crippen LogP) is 3.87. The second-order valence-electron chi connectivity index (χ2n) is 6.64. The molecule has 3 rings (SSSR count). The third kappa shape index (κ3) is 3.61. The van der Waals surface area contributed by atoms with E-state index in [0.717, 1.165) is 19.3 Å². The van der Waals surface area contributed by atoms with Crippen LogP contribution in [0.1, 0.15) is 49.8 Å². The maximum Gasteiger partial charge on any atom is 0.189 e. The first-order valence-corrected chi connectivity index (χ1v) is 8.73. The van der Waals surface area contributed by atoms with E-state index in [1.54, 1.807) is 0 Å². The lowest BCUT2D eigenvalue weighted by Crippen LogP contribution is -2.35. The molecule has 2 aliphatic rings. The fraction of sp³-hybridized carbons (Fsp3) is 0.684. The Morgan fingerprint density at radius 2 is 1.83 bits per heavy atom. The van der Waals surface area contributed by atoms with Crippen molar-refractivity contribution in [1.29, 1.82) is 0 Å². The monoisotopic (exact) mass is 320 g/mol. The molecular weight excluding hydrogens is 292 g/mol. The average molecular weight is 320 g/mol. The second kappa shape index (κ2) is 7.31. The molecule has 1 unspecified atom stereocenters. The number of unbranched alkanes of at least 4 members (excludes halogenated alkanes) is 1. The van der Waals surface area contributed by atoms with Crippen LogP contribution in [0.2, 0.25) is 0 Å². The van der Waals surface area contributed by atoms with Crippen molar-refractivity contribution in [1.82, 2.24) is 0 Å². The van der Waals surface area contributed by atoms with Crippen LogP contribution in [0.15, 0.2) is 18.2 Å². The summed E-state index contributed by atoms with van der Waals surface area (Å²) in [6.45, 7) is 8.95. The van der Waals surface area contributed by atoms with Gasteiger partial charge in [0.15, 0.2) is 12.6 Å². The van der Waals surface area contributed by atoms with Crippen molar-refractivity contribution in [2.75, 3.05) is 0 Å². The molecule has 2 aliphatic heterocycles. The lowest BCUT2D eigenvalue weighted by Gasteiger charge is -2.23. The van der Waals surface area contributed by atoms with E-state index in [1.807, 2.05) is 6.92 Å². The van der Waals surface area contributed by atoms with Crippen molar-refractivity contribution >= 4 is 0 Å². The van der Waals surface area contributed by atoms with Crippen LogP contribution in [-0.4, -0.2) is 30.9 Å². The van der Waals surface area contributed by atoms with Gasteiger partial charge >= 0.3 is 0 Å². The molecule has 0 aliphatic carbocycles. The standard InChI is InChI=1S/C19H28O4/c1-5-6-10-16-17(18-19(23-16)22-14(4)21-18)20-11-15-12(2)8-7-9-13(15)3/h7-9,14,16-19H,5-6,10-11H2,1-4H3/t14?,16-,17+,18-,19+/m1/s1. The van der Waals surface area contributed by atoms with Gasteiger partial charge in [-0.2, -0.15) is 0 Å². The lowest BCUT2D eigenvalue weighted by molar-refractivity contribution is -0.169. The van der Waals surface area contributed by atoms with Gasteiger partial charge in [-0.05, 0) is 43.9 Å². The van der Waals surface area contributed by atoms with Gasteiger partial charge in [0, 0.05) is 0 Å². The van der Waals surface area contributed by atoms with Gasteiger partial charge in [-0.3, -0.25) is 0 Å². The summed E-state index contributed by atoms with van der Waals surface area (Å²) in [5, 5.41) is 0. The number of hydrogen-bond acceptors (Lipinski definition) is 4. The topological polar surface area (TPSA) is 36.9 Å². The molecule has 2 saturated heterocycles. The quantitative estimate of drug-likeness (QED) is 0.797. The summed E-state index contributed by atoms with van der Waals surface area (Å²) < 4.78 is 23.9. The molecular formula is C19H28O4. The van der Waals surface area contributed by atoms with Crippen molar-refractivity contribution in [2.45, 2.75) is 84.5 Å². The Morgan fingerprint density at radius 1 is 1.09 bits per heavy atom. The van der Waals surface area contributed by atoms with Gasteiger partial charge in [-0.1, -0.05) is 38.0 Å². The Kier molecular flexibility index (Phi) is 5.37. The van der Waals surface area contributed by atoms with Crippen LogP contribution in [0.4, 0.5) is 0 Å². The van der Waals surface area contributed by atoms with Crippen LogP contribution < -0.4 is 0 Å². The Hall–Kier alpha value is -0.940. The molecule has 0 bridgehead atoms. The lowest BCUT2D eigenvalue weighted by atomic mass is 10.0. The second-order valence-corrected chi connectivity index (χ2v) is 6.64. The van der Waals surface area contributed by atoms with Gasteiger partial charge in [-0.15, -0.1) is 0 Å². The summed E-state index contributed by atoms with van der Waals surface area (Å²) in [6.07, 6.45) is 2.65. The zero-order valence-electron chi connectivity index (χ0n) is 14.6. The maximum absolute atomic E-state index is 6.29. The maximum atomic E-state index is 6.29. The fourth-order valence-electron chi connectivity index (χ4n) is 3.48. The first kappa shape index (κ1) is 16.9. The molecule has 2 heterocycles. The van der Waals surface area contributed by atoms with E-state index in [-0.39, 0.29) is 30.9 Å². The molecule has 0 N–H and O–H groups in total. The molecule has 4 heteroatoms. The van der Waals surface area contributed by atoms with Gasteiger partial charge in [0.2, 0.25) is 0 Å². The molecule has 2 fully saturated rings. The van der Waals surface area contributed by atoms with Crippen LogP contribution in [0, 0.1) is 13.8 Å². The van der Waals surface area contributed by atoms with Crippen LogP contribution in [-0.2, 0) is 25.6 Å². The first-order valence-electron chi connectivity index (χ1n) is 8.73. The van der Waals surface area contributed by atoms with Gasteiger partial charge in [-0.25, -0.2) is 0 Å². The number of fused-ring (bicyclic) bond motifs is 1. The fourth-order valence-corrected chi connectivity index (χ4v) is 3.48. The largest absolute Gasteiger partial charge is 0.368 e. The van der Waals surface area contributed by atoms with E-state index < -0.39 is 0 Å². The van der Waals surface area contributed by atoms with E-state index in [1.165, 1.54) is 16.7 Å². The van der Waals surface area contributed by atoms with Crippen LogP contribution in [0.25, 0.3) is 0 Å². The minimum absolute atomic E-state index is 0.0572. The van der Waals surface area contributed by atoms with Crippen LogP contribution in [0.3, 0.4) is 0 Å². The van der Waals surface area contributed by atoms with Crippen LogP contribution >= 0.6 is 0 Å². The van der Waals surface area contributed by atoms with Gasteiger partial charge in [0.05, 0.1) is 12.7 Å². The Labute approximate surface area is 139 Å². The smallest absolute Gasteiger partial charge is 0.189 e. The summed E-state index contributed by atoms with van der Waals surface area (Å²) in [6, 6.07) is 6.35. The Morgan fingerprint density at radius 3 is 2.52 bits per heavy atom. The number of ether oxygens (including phenoxy) is 4. The van der Waals surface area contributed by atoms with E-state index >= 15 is 0 Å². The van der Waals surface area contributed by atoms with Crippen molar-refractivity contribution in [3.8, 4) is 0 Å². The van der Waals surface area contributed by atoms with E-state index in [2.05, 4.69) is 39.0 Å². The van der Waals surface area contributed by atoms with Crippen molar-refractivity contribution in [3.63, 3.8) is 0 Å². The zero-order chi connectivity index (χ0) is 16.4. The van der Waals surface area contributed by atoms with Crippen molar-refractivity contribution in [2.24, 2.45) is 0 Å². The molecule has 0 spiro atoms. The van der Waals surface area contributed by atoms with Crippen molar-refractivity contribution in [3.05, 3.63) is 34.9 Å². The molecule has 0 amide bonds. The third-order valence-electron chi connectivity index (χ3n) is 4.85.